The number of amides is 2. The van der Waals surface area contributed by atoms with Gasteiger partial charge in [-0.05, 0) is 88.0 Å². The Morgan fingerprint density at radius 2 is 1.55 bits per heavy atom. The van der Waals surface area contributed by atoms with Gasteiger partial charge in [-0.15, -0.1) is 0 Å². The molecule has 1 aliphatic heterocycles. The van der Waals surface area contributed by atoms with E-state index in [0.717, 1.165) is 54.0 Å². The Balaban J connectivity index is 1.41. The fourth-order valence-corrected chi connectivity index (χ4v) is 6.01. The van der Waals surface area contributed by atoms with E-state index in [1.165, 1.54) is 0 Å². The van der Waals surface area contributed by atoms with Crippen molar-refractivity contribution < 1.29 is 9.59 Å². The van der Waals surface area contributed by atoms with Crippen molar-refractivity contribution in [1.82, 2.24) is 15.1 Å². The molecular weight excluding hydrogens is 546 g/mol. The van der Waals surface area contributed by atoms with E-state index < -0.39 is 5.41 Å². The van der Waals surface area contributed by atoms with Gasteiger partial charge in [0.2, 0.25) is 0 Å². The molecule has 1 unspecified atom stereocenters. The molecule has 1 saturated heterocycles. The molecule has 7 heteroatoms. The lowest BCUT2D eigenvalue weighted by atomic mass is 9.68. The zero-order valence-corrected chi connectivity index (χ0v) is 26.8. The minimum absolute atomic E-state index is 0.194. The molecule has 1 atom stereocenters. The van der Waals surface area contributed by atoms with Crippen molar-refractivity contribution in [3.63, 3.8) is 0 Å². The average Bonchev–Trinajstić information content (AvgIpc) is 3.43. The van der Waals surface area contributed by atoms with Crippen molar-refractivity contribution in [1.29, 1.82) is 0 Å². The molecule has 7 nitrogen and oxygen atoms in total. The van der Waals surface area contributed by atoms with Crippen LogP contribution in [0.2, 0.25) is 0 Å². The monoisotopic (exact) mass is 591 g/mol. The molecule has 3 N–H and O–H groups in total. The number of nitrogens with one attached hydrogen (secondary N) is 3. The standard InChI is InChI=1S/C37H45N5O2/c1-25-15-17-30(18-16-25)42-32(24-31(41-42)36(2,3)4)40-35(44)39-29-14-10-11-27(23-29)33(26-19-21-38-22-20-26)34(43)37(5,6)28-12-8-7-9-13-28/h7-18,23-24,26,33,38H,19-22H2,1-6H3,(H2,39,40,44). The molecule has 4 aromatic rings. The molecule has 1 aliphatic rings. The van der Waals surface area contributed by atoms with Crippen molar-refractivity contribution >= 4 is 23.3 Å². The highest BCUT2D eigenvalue weighted by Crippen LogP contribution is 2.39. The molecule has 0 aliphatic carbocycles. The van der Waals surface area contributed by atoms with Crippen LogP contribution in [-0.4, -0.2) is 34.7 Å². The van der Waals surface area contributed by atoms with Crippen LogP contribution in [0.25, 0.3) is 5.69 Å². The van der Waals surface area contributed by atoms with E-state index >= 15 is 0 Å². The van der Waals surface area contributed by atoms with Gasteiger partial charge in [0, 0.05) is 28.5 Å². The van der Waals surface area contributed by atoms with E-state index in [-0.39, 0.29) is 29.1 Å². The number of aryl methyl sites for hydroxylation is 1. The Labute approximate surface area is 261 Å². The molecule has 0 saturated carbocycles. The van der Waals surface area contributed by atoms with Crippen LogP contribution in [0.3, 0.4) is 0 Å². The maximum atomic E-state index is 14.4. The number of ketones is 1. The number of carbonyl (C=O) groups excluding carboxylic acids is 2. The summed E-state index contributed by atoms with van der Waals surface area (Å²) in [5.41, 5.74) is 4.63. The first-order valence-corrected chi connectivity index (χ1v) is 15.6. The molecule has 0 spiro atoms. The van der Waals surface area contributed by atoms with E-state index in [1.54, 1.807) is 4.68 Å². The minimum atomic E-state index is -0.656. The summed E-state index contributed by atoms with van der Waals surface area (Å²) in [4.78, 5) is 27.8. The van der Waals surface area contributed by atoms with Gasteiger partial charge < -0.3 is 10.6 Å². The third-order valence-electron chi connectivity index (χ3n) is 8.75. The Kier molecular flexibility index (Phi) is 9.07. The molecule has 44 heavy (non-hydrogen) atoms. The highest BCUT2D eigenvalue weighted by Gasteiger charge is 2.40. The van der Waals surface area contributed by atoms with Gasteiger partial charge in [-0.2, -0.15) is 5.10 Å². The normalized spacial score (nSPS) is 15.0. The first-order valence-electron chi connectivity index (χ1n) is 15.6. The number of nitrogens with zero attached hydrogens (tertiary/aromatic N) is 2. The summed E-state index contributed by atoms with van der Waals surface area (Å²) in [6, 6.07) is 27.4. The van der Waals surface area contributed by atoms with Crippen LogP contribution in [0.5, 0.6) is 0 Å². The first kappa shape index (κ1) is 31.2. The summed E-state index contributed by atoms with van der Waals surface area (Å²) < 4.78 is 1.77. The summed E-state index contributed by atoms with van der Waals surface area (Å²) in [7, 11) is 0. The second-order valence-electron chi connectivity index (χ2n) is 13.5. The van der Waals surface area contributed by atoms with Gasteiger partial charge in [-0.3, -0.25) is 10.1 Å². The fourth-order valence-electron chi connectivity index (χ4n) is 6.01. The van der Waals surface area contributed by atoms with Crippen LogP contribution in [0, 0.1) is 12.8 Å². The summed E-state index contributed by atoms with van der Waals surface area (Å²) in [6.45, 7) is 14.2. The van der Waals surface area contributed by atoms with E-state index in [2.05, 4.69) is 36.7 Å². The second kappa shape index (κ2) is 12.8. The van der Waals surface area contributed by atoms with E-state index in [9.17, 15) is 9.59 Å². The molecule has 2 amide bonds. The van der Waals surface area contributed by atoms with Crippen LogP contribution >= 0.6 is 0 Å². The largest absolute Gasteiger partial charge is 0.324 e. The Hall–Kier alpha value is -4.23. The van der Waals surface area contributed by atoms with E-state index in [4.69, 9.17) is 5.10 Å². The number of rotatable bonds is 8. The number of hydrogen-bond donors (Lipinski definition) is 3. The molecule has 1 aromatic heterocycles. The zero-order chi connectivity index (χ0) is 31.5. The van der Waals surface area contributed by atoms with Crippen LogP contribution in [0.15, 0.2) is 84.9 Å². The van der Waals surface area contributed by atoms with Crippen molar-refractivity contribution in [3.05, 3.63) is 107 Å². The lowest BCUT2D eigenvalue weighted by molar-refractivity contribution is -0.126. The lowest BCUT2D eigenvalue weighted by Crippen LogP contribution is -2.40. The third kappa shape index (κ3) is 6.94. The molecule has 0 bridgehead atoms. The number of benzene rings is 3. The van der Waals surface area contributed by atoms with Crippen LogP contribution in [0.1, 0.15) is 75.8 Å². The highest BCUT2D eigenvalue weighted by molar-refractivity contribution is 6.00. The molecule has 0 radical (unpaired) electrons. The minimum Gasteiger partial charge on any atom is -0.317 e. The van der Waals surface area contributed by atoms with Crippen LogP contribution in [0.4, 0.5) is 16.3 Å². The topological polar surface area (TPSA) is 88.1 Å². The second-order valence-corrected chi connectivity index (χ2v) is 13.5. The molecule has 230 valence electrons. The van der Waals surface area contributed by atoms with Gasteiger partial charge >= 0.3 is 6.03 Å². The van der Waals surface area contributed by atoms with Crippen molar-refractivity contribution in [2.75, 3.05) is 23.7 Å². The van der Waals surface area contributed by atoms with Gasteiger partial charge in [0.15, 0.2) is 5.78 Å². The average molecular weight is 592 g/mol. The van der Waals surface area contributed by atoms with E-state index in [0.29, 0.717) is 11.5 Å². The van der Waals surface area contributed by atoms with Crippen LogP contribution < -0.4 is 16.0 Å². The van der Waals surface area contributed by atoms with Gasteiger partial charge in [0.25, 0.3) is 0 Å². The summed E-state index contributed by atoms with van der Waals surface area (Å²) in [6.07, 6.45) is 1.86. The molecule has 3 aromatic carbocycles. The molecule has 1 fully saturated rings. The highest BCUT2D eigenvalue weighted by atomic mass is 16.2. The van der Waals surface area contributed by atoms with Crippen molar-refractivity contribution in [2.45, 2.75) is 71.1 Å². The molecular formula is C37H45N5O2. The smallest absolute Gasteiger partial charge is 0.317 e. The van der Waals surface area contributed by atoms with Gasteiger partial charge in [-0.25, -0.2) is 9.48 Å². The lowest BCUT2D eigenvalue weighted by Gasteiger charge is -2.36. The number of piperidine rings is 1. The number of aromatic nitrogens is 2. The van der Waals surface area contributed by atoms with Gasteiger partial charge in [0.1, 0.15) is 5.82 Å². The van der Waals surface area contributed by atoms with Crippen molar-refractivity contribution in [3.8, 4) is 5.69 Å². The first-order chi connectivity index (χ1) is 20.9. The summed E-state index contributed by atoms with van der Waals surface area (Å²) in [5, 5.41) is 14.3. The summed E-state index contributed by atoms with van der Waals surface area (Å²) >= 11 is 0. The van der Waals surface area contributed by atoms with Gasteiger partial charge in [0.05, 0.1) is 11.4 Å². The third-order valence-corrected chi connectivity index (χ3v) is 8.75. The Morgan fingerprint density at radius 1 is 0.864 bits per heavy atom. The number of urea groups is 1. The maximum Gasteiger partial charge on any atom is 0.324 e. The Morgan fingerprint density at radius 3 is 2.20 bits per heavy atom. The SMILES string of the molecule is Cc1ccc(-n2nc(C(C)(C)C)cc2NC(=O)Nc2cccc(C(C(=O)C(C)(C)c3ccccc3)C3CCNCC3)c2)cc1. The van der Waals surface area contributed by atoms with Crippen LogP contribution in [-0.2, 0) is 15.6 Å². The molecule has 5 rings (SSSR count). The number of carbonyl (C=O) groups is 2. The zero-order valence-electron chi connectivity index (χ0n) is 26.8. The predicted molar refractivity (Wildman–Crippen MR) is 179 cm³/mol. The number of Topliss-reactive ketones (excluding diaryl/α,β-unsaturated/α-hetero) is 1. The van der Waals surface area contributed by atoms with E-state index in [1.807, 2.05) is 106 Å². The number of hydrogen-bond acceptors (Lipinski definition) is 4. The quantitative estimate of drug-likeness (QED) is 0.195. The summed E-state index contributed by atoms with van der Waals surface area (Å²) in [5.74, 6) is 0.721. The number of anilines is 2. The fraction of sp³-hybridized carbons (Fsp3) is 0.378. The van der Waals surface area contributed by atoms with Gasteiger partial charge in [-0.1, -0.05) is 80.9 Å². The Bertz CT molecular complexity index is 1590. The predicted octanol–water partition coefficient (Wildman–Crippen LogP) is 7.75. The maximum absolute atomic E-state index is 14.4. The van der Waals surface area contributed by atoms with Crippen molar-refractivity contribution in [2.24, 2.45) is 5.92 Å². The molecule has 2 heterocycles.